The summed E-state index contributed by atoms with van der Waals surface area (Å²) >= 11 is 0. The lowest BCUT2D eigenvalue weighted by molar-refractivity contribution is -0.274. The Balaban J connectivity index is 1.77. The molecule has 2 saturated carbocycles. The summed E-state index contributed by atoms with van der Waals surface area (Å²) in [6, 6.07) is 4.91. The fourth-order valence-corrected chi connectivity index (χ4v) is 4.19. The van der Waals surface area contributed by atoms with Crippen LogP contribution < -0.4 is 10.1 Å². The van der Waals surface area contributed by atoms with Crippen molar-refractivity contribution in [3.05, 3.63) is 24.3 Å². The number of fused-ring (bicyclic) bond motifs is 2. The molecule has 0 heterocycles. The highest BCUT2D eigenvalue weighted by Crippen LogP contribution is 2.64. The Labute approximate surface area is 137 Å². The van der Waals surface area contributed by atoms with Gasteiger partial charge >= 0.3 is 6.36 Å². The van der Waals surface area contributed by atoms with Crippen molar-refractivity contribution in [3.8, 4) is 5.75 Å². The first-order chi connectivity index (χ1) is 11.1. The van der Waals surface area contributed by atoms with Crippen LogP contribution in [0.1, 0.15) is 33.1 Å². The first-order valence-corrected chi connectivity index (χ1v) is 7.77. The van der Waals surface area contributed by atoms with Crippen LogP contribution in [0.15, 0.2) is 24.3 Å². The normalized spacial score (nSPS) is 28.0. The minimum absolute atomic E-state index is 0.0433. The van der Waals surface area contributed by atoms with Gasteiger partial charge in [-0.25, -0.2) is 0 Å². The van der Waals surface area contributed by atoms with Gasteiger partial charge in [0.15, 0.2) is 0 Å². The Hall–Kier alpha value is -2.05. The zero-order valence-corrected chi connectivity index (χ0v) is 13.4. The predicted octanol–water partition coefficient (Wildman–Crippen LogP) is 3.92. The van der Waals surface area contributed by atoms with Gasteiger partial charge in [0.1, 0.15) is 16.9 Å². The van der Waals surface area contributed by atoms with Crippen LogP contribution in [-0.4, -0.2) is 18.1 Å². The summed E-state index contributed by atoms with van der Waals surface area (Å²) in [5, 5.41) is 2.68. The van der Waals surface area contributed by atoms with E-state index < -0.39 is 17.2 Å². The van der Waals surface area contributed by atoms with Crippen LogP contribution in [0.25, 0.3) is 0 Å². The molecule has 0 aliphatic heterocycles. The minimum Gasteiger partial charge on any atom is -0.406 e. The van der Waals surface area contributed by atoms with Crippen molar-refractivity contribution in [2.75, 3.05) is 5.32 Å². The van der Waals surface area contributed by atoms with Crippen molar-refractivity contribution in [2.24, 2.45) is 16.7 Å². The van der Waals surface area contributed by atoms with E-state index >= 15 is 0 Å². The number of hydrogen-bond acceptors (Lipinski definition) is 3. The van der Waals surface area contributed by atoms with Gasteiger partial charge in [-0.15, -0.1) is 13.2 Å². The lowest BCUT2D eigenvalue weighted by Gasteiger charge is -2.34. The van der Waals surface area contributed by atoms with Crippen LogP contribution in [0.5, 0.6) is 5.75 Å². The third-order valence-electron chi connectivity index (χ3n) is 5.63. The van der Waals surface area contributed by atoms with E-state index in [0.717, 1.165) is 18.6 Å². The maximum atomic E-state index is 12.8. The minimum atomic E-state index is -4.76. The fraction of sp³-hybridized carbons (Fsp3) is 0.529. The molecule has 2 atom stereocenters. The molecule has 0 radical (unpaired) electrons. The largest absolute Gasteiger partial charge is 0.573 e. The number of halogens is 3. The molecular weight excluding hydrogens is 323 g/mol. The molecule has 1 N–H and O–H groups in total. The summed E-state index contributed by atoms with van der Waals surface area (Å²) in [6.45, 7) is 3.88. The molecule has 1 aromatic carbocycles. The molecule has 0 spiro atoms. The van der Waals surface area contributed by atoms with Gasteiger partial charge in [-0.05, 0) is 48.4 Å². The highest BCUT2D eigenvalue weighted by Gasteiger charge is 2.68. The Morgan fingerprint density at radius 2 is 1.88 bits per heavy atom. The summed E-state index contributed by atoms with van der Waals surface area (Å²) in [5.41, 5.74) is -1.12. The van der Waals surface area contributed by atoms with Crippen LogP contribution in [0.3, 0.4) is 0 Å². The summed E-state index contributed by atoms with van der Waals surface area (Å²) in [4.78, 5) is 25.2. The Bertz CT molecular complexity index is 681. The second kappa shape index (κ2) is 5.22. The monoisotopic (exact) mass is 341 g/mol. The molecule has 0 aromatic heterocycles. The number of alkyl halides is 3. The topological polar surface area (TPSA) is 55.4 Å². The fourth-order valence-electron chi connectivity index (χ4n) is 4.19. The molecule has 1 aromatic rings. The van der Waals surface area contributed by atoms with Gasteiger partial charge < -0.3 is 10.1 Å². The van der Waals surface area contributed by atoms with Gasteiger partial charge in [-0.1, -0.05) is 13.8 Å². The predicted molar refractivity (Wildman–Crippen MR) is 80.3 cm³/mol. The van der Waals surface area contributed by atoms with Gasteiger partial charge in [-0.2, -0.15) is 0 Å². The number of nitrogens with one attached hydrogen (secondary N) is 1. The average molecular weight is 341 g/mol. The molecule has 0 saturated heterocycles. The average Bonchev–Trinajstić information content (AvgIpc) is 2.82. The molecule has 2 fully saturated rings. The number of benzene rings is 1. The van der Waals surface area contributed by atoms with Gasteiger partial charge in [-0.3, -0.25) is 9.59 Å². The number of carbonyl (C=O) groups excluding carboxylic acids is 2. The Morgan fingerprint density at radius 3 is 2.33 bits per heavy atom. The van der Waals surface area contributed by atoms with Crippen molar-refractivity contribution in [2.45, 2.75) is 39.5 Å². The zero-order valence-electron chi connectivity index (χ0n) is 13.4. The molecule has 1 amide bonds. The Morgan fingerprint density at radius 1 is 1.25 bits per heavy atom. The molecular formula is C17H18F3NO3. The number of anilines is 1. The SMILES string of the molecule is CC1(C)C2CCC1(C(=O)Nc1ccc(OC(F)(F)F)cc1)C(=O)C2. The van der Waals surface area contributed by atoms with Crippen LogP contribution in [-0.2, 0) is 9.59 Å². The third-order valence-corrected chi connectivity index (χ3v) is 5.63. The van der Waals surface area contributed by atoms with E-state index in [1.165, 1.54) is 12.1 Å². The lowest BCUT2D eigenvalue weighted by Crippen LogP contribution is -2.46. The van der Waals surface area contributed by atoms with Gasteiger partial charge in [0.05, 0.1) is 0 Å². The summed E-state index contributed by atoms with van der Waals surface area (Å²) in [5.74, 6) is -0.574. The molecule has 130 valence electrons. The highest BCUT2D eigenvalue weighted by atomic mass is 19.4. The Kier molecular flexibility index (Phi) is 3.66. The number of carbonyl (C=O) groups is 2. The summed E-state index contributed by atoms with van der Waals surface area (Å²) in [6.07, 6.45) is -2.99. The van der Waals surface area contributed by atoms with Crippen molar-refractivity contribution in [3.63, 3.8) is 0 Å². The molecule has 4 nitrogen and oxygen atoms in total. The second-order valence-electron chi connectivity index (χ2n) is 7.02. The van der Waals surface area contributed by atoms with E-state index in [0.29, 0.717) is 18.5 Å². The number of rotatable bonds is 3. The van der Waals surface area contributed by atoms with Crippen LogP contribution in [0.4, 0.5) is 18.9 Å². The van der Waals surface area contributed by atoms with E-state index in [2.05, 4.69) is 10.1 Å². The van der Waals surface area contributed by atoms with E-state index in [4.69, 9.17) is 0 Å². The van der Waals surface area contributed by atoms with Crippen LogP contribution in [0.2, 0.25) is 0 Å². The number of amides is 1. The molecule has 3 rings (SSSR count). The third kappa shape index (κ3) is 2.46. The standard InChI is InChI=1S/C17H18F3NO3/c1-15(2)10-7-8-16(15,13(22)9-10)14(23)21-11-3-5-12(6-4-11)24-17(18,19)20/h3-6,10H,7-9H2,1-2H3,(H,21,23). The van der Waals surface area contributed by atoms with Crippen molar-refractivity contribution in [1.82, 2.24) is 0 Å². The van der Waals surface area contributed by atoms with E-state index in [1.54, 1.807) is 0 Å². The van der Waals surface area contributed by atoms with E-state index in [1.807, 2.05) is 13.8 Å². The van der Waals surface area contributed by atoms with Crippen LogP contribution >= 0.6 is 0 Å². The molecule has 2 bridgehead atoms. The molecule has 7 heteroatoms. The van der Waals surface area contributed by atoms with E-state index in [-0.39, 0.29) is 23.4 Å². The van der Waals surface area contributed by atoms with Gasteiger partial charge in [0.2, 0.25) is 5.91 Å². The summed E-state index contributed by atoms with van der Waals surface area (Å²) < 4.78 is 40.3. The number of ether oxygens (including phenoxy) is 1. The molecule has 2 aliphatic carbocycles. The molecule has 2 unspecified atom stereocenters. The van der Waals surface area contributed by atoms with Crippen molar-refractivity contribution < 1.29 is 27.5 Å². The maximum absolute atomic E-state index is 12.8. The summed E-state index contributed by atoms with van der Waals surface area (Å²) in [7, 11) is 0. The lowest BCUT2D eigenvalue weighted by atomic mass is 9.68. The second-order valence-corrected chi connectivity index (χ2v) is 7.02. The van der Waals surface area contributed by atoms with Crippen molar-refractivity contribution >= 4 is 17.4 Å². The van der Waals surface area contributed by atoms with Gasteiger partial charge in [0, 0.05) is 12.1 Å². The number of hydrogen-bond donors (Lipinski definition) is 1. The number of Topliss-reactive ketones (excluding diaryl/α,β-unsaturated/α-hetero) is 1. The van der Waals surface area contributed by atoms with Crippen molar-refractivity contribution in [1.29, 1.82) is 0 Å². The molecule has 2 aliphatic rings. The first-order valence-electron chi connectivity index (χ1n) is 7.77. The van der Waals surface area contributed by atoms with E-state index in [9.17, 15) is 22.8 Å². The zero-order chi connectivity index (χ0) is 17.8. The quantitative estimate of drug-likeness (QED) is 0.848. The highest BCUT2D eigenvalue weighted by molar-refractivity contribution is 6.14. The first kappa shape index (κ1) is 16.8. The molecule has 24 heavy (non-hydrogen) atoms. The van der Waals surface area contributed by atoms with Crippen LogP contribution in [0, 0.1) is 16.7 Å². The smallest absolute Gasteiger partial charge is 0.406 e. The maximum Gasteiger partial charge on any atom is 0.573 e. The number of ketones is 1. The van der Waals surface area contributed by atoms with Gasteiger partial charge in [0.25, 0.3) is 0 Å².